The second-order valence-corrected chi connectivity index (χ2v) is 2.93. The molecule has 0 atom stereocenters. The van der Waals surface area contributed by atoms with Crippen molar-refractivity contribution in [3.63, 3.8) is 0 Å². The summed E-state index contributed by atoms with van der Waals surface area (Å²) >= 11 is 0. The Morgan fingerprint density at radius 3 is 2.93 bits per heavy atom. The van der Waals surface area contributed by atoms with Gasteiger partial charge in [0.2, 0.25) is 0 Å². The molecule has 2 aliphatic rings. The molecule has 3 nitrogen and oxygen atoms in total. The number of ether oxygens (including phenoxy) is 1. The second-order valence-electron chi connectivity index (χ2n) is 2.93. The molecule has 0 fully saturated rings. The summed E-state index contributed by atoms with van der Waals surface area (Å²) in [6.07, 6.45) is 3.19. The maximum atomic E-state index is 11.4. The minimum Gasteiger partial charge on any atom is -0.472 e. The van der Waals surface area contributed by atoms with Gasteiger partial charge in [-0.2, -0.15) is 0 Å². The fraction of sp³-hybridized carbons (Fsp3) is 0.182. The lowest BCUT2D eigenvalue weighted by Crippen LogP contribution is -2.02. The van der Waals surface area contributed by atoms with Gasteiger partial charge in [0.15, 0.2) is 0 Å². The highest BCUT2D eigenvalue weighted by Crippen LogP contribution is 2.25. The Kier molecular flexibility index (Phi) is 2.23. The number of carbonyl (C=O) groups excluding carboxylic acids is 1. The summed E-state index contributed by atoms with van der Waals surface area (Å²) in [6, 6.07) is 5.37. The number of carbonyl (C=O) groups is 1. The van der Waals surface area contributed by atoms with E-state index in [0.29, 0.717) is 12.2 Å². The molecule has 0 aromatic rings. The molecular formula is C11H10O3. The lowest BCUT2D eigenvalue weighted by Gasteiger charge is -1.96. The van der Waals surface area contributed by atoms with Gasteiger partial charge in [0.25, 0.3) is 0 Å². The highest BCUT2D eigenvalue weighted by molar-refractivity contribution is 5.94. The molecule has 0 saturated carbocycles. The number of esters is 1. The standard InChI is InChI=1S/C11H10O3/c1-2-14-11(12)9-5-8-3-4-13-7-10(8)6-9/h3-7H,2H2,1H3. The third-order valence-electron chi connectivity index (χ3n) is 1.99. The molecule has 0 spiro atoms. The SMILES string of the molecule is CCOC(=O)c1cc2ccocc-2c1. The van der Waals surface area contributed by atoms with E-state index >= 15 is 0 Å². The molecule has 72 valence electrons. The molecule has 0 unspecified atom stereocenters. The first-order valence-corrected chi connectivity index (χ1v) is 4.44. The lowest BCUT2D eigenvalue weighted by molar-refractivity contribution is 0.0527. The highest BCUT2D eigenvalue weighted by atomic mass is 16.5. The molecule has 0 radical (unpaired) electrons. The first-order valence-electron chi connectivity index (χ1n) is 4.44. The largest absolute Gasteiger partial charge is 0.472 e. The van der Waals surface area contributed by atoms with E-state index < -0.39 is 0 Å². The van der Waals surface area contributed by atoms with Crippen molar-refractivity contribution >= 4 is 5.97 Å². The predicted molar refractivity (Wildman–Crippen MR) is 51.3 cm³/mol. The van der Waals surface area contributed by atoms with E-state index in [4.69, 9.17) is 9.15 Å². The average molecular weight is 190 g/mol. The Bertz CT molecular complexity index is 387. The van der Waals surface area contributed by atoms with Gasteiger partial charge in [0.05, 0.1) is 24.7 Å². The van der Waals surface area contributed by atoms with Crippen LogP contribution < -0.4 is 0 Å². The van der Waals surface area contributed by atoms with Crippen LogP contribution in [0.5, 0.6) is 0 Å². The molecular weight excluding hydrogens is 180 g/mol. The van der Waals surface area contributed by atoms with E-state index in [1.807, 2.05) is 6.07 Å². The molecule has 14 heavy (non-hydrogen) atoms. The van der Waals surface area contributed by atoms with Crippen molar-refractivity contribution in [2.24, 2.45) is 0 Å². The van der Waals surface area contributed by atoms with E-state index in [1.165, 1.54) is 0 Å². The van der Waals surface area contributed by atoms with Gasteiger partial charge in [0.1, 0.15) is 0 Å². The summed E-state index contributed by atoms with van der Waals surface area (Å²) in [5.41, 5.74) is 2.47. The fourth-order valence-electron chi connectivity index (χ4n) is 1.35. The molecule has 3 heteroatoms. The molecule has 1 aliphatic carbocycles. The zero-order chi connectivity index (χ0) is 9.97. The van der Waals surface area contributed by atoms with Crippen LogP contribution in [0.2, 0.25) is 0 Å². The summed E-state index contributed by atoms with van der Waals surface area (Å²) in [5, 5.41) is 0. The van der Waals surface area contributed by atoms with E-state index in [1.54, 1.807) is 31.6 Å². The van der Waals surface area contributed by atoms with Crippen LogP contribution in [0.4, 0.5) is 0 Å². The van der Waals surface area contributed by atoms with E-state index in [2.05, 4.69) is 0 Å². The first kappa shape index (κ1) is 8.81. The smallest absolute Gasteiger partial charge is 0.338 e. The summed E-state index contributed by atoms with van der Waals surface area (Å²) in [7, 11) is 0. The third kappa shape index (κ3) is 1.48. The van der Waals surface area contributed by atoms with Crippen LogP contribution in [-0.2, 0) is 4.74 Å². The van der Waals surface area contributed by atoms with Gasteiger partial charge in [-0.25, -0.2) is 4.79 Å². The van der Waals surface area contributed by atoms with Gasteiger partial charge in [0, 0.05) is 5.56 Å². The third-order valence-corrected chi connectivity index (χ3v) is 1.99. The van der Waals surface area contributed by atoms with Gasteiger partial charge < -0.3 is 9.15 Å². The molecule has 0 bridgehead atoms. The lowest BCUT2D eigenvalue weighted by atomic mass is 10.2. The molecule has 1 aliphatic heterocycles. The number of fused-ring (bicyclic) bond motifs is 1. The Morgan fingerprint density at radius 1 is 1.43 bits per heavy atom. The van der Waals surface area contributed by atoms with Crippen LogP contribution >= 0.6 is 0 Å². The van der Waals surface area contributed by atoms with Crippen molar-refractivity contribution in [3.8, 4) is 11.1 Å². The summed E-state index contributed by atoms with van der Waals surface area (Å²) in [4.78, 5) is 11.4. The van der Waals surface area contributed by atoms with Gasteiger partial charge in [-0.1, -0.05) is 0 Å². The normalized spacial score (nSPS) is 10.4. The summed E-state index contributed by atoms with van der Waals surface area (Å²) < 4.78 is 9.88. The average Bonchev–Trinajstić information content (AvgIpc) is 2.61. The minimum absolute atomic E-state index is 0.288. The Hall–Kier alpha value is -1.77. The highest BCUT2D eigenvalue weighted by Gasteiger charge is 2.12. The number of hydrogen-bond acceptors (Lipinski definition) is 3. The maximum Gasteiger partial charge on any atom is 0.338 e. The summed E-state index contributed by atoms with van der Waals surface area (Å²) in [5.74, 6) is -0.288. The van der Waals surface area contributed by atoms with E-state index in [-0.39, 0.29) is 5.97 Å². The van der Waals surface area contributed by atoms with Gasteiger partial charge in [-0.3, -0.25) is 0 Å². The van der Waals surface area contributed by atoms with Crippen LogP contribution in [0.25, 0.3) is 11.1 Å². The van der Waals surface area contributed by atoms with Crippen molar-refractivity contribution in [2.45, 2.75) is 6.92 Å². The number of rotatable bonds is 2. The van der Waals surface area contributed by atoms with Crippen molar-refractivity contribution in [1.82, 2.24) is 0 Å². The van der Waals surface area contributed by atoms with Crippen LogP contribution in [0.3, 0.4) is 0 Å². The van der Waals surface area contributed by atoms with E-state index in [0.717, 1.165) is 11.1 Å². The molecule has 0 amide bonds. The van der Waals surface area contributed by atoms with Gasteiger partial charge in [-0.05, 0) is 30.7 Å². The van der Waals surface area contributed by atoms with Crippen LogP contribution in [0.1, 0.15) is 17.3 Å². The van der Waals surface area contributed by atoms with Crippen molar-refractivity contribution in [1.29, 1.82) is 0 Å². The van der Waals surface area contributed by atoms with Crippen LogP contribution in [0, 0.1) is 0 Å². The topological polar surface area (TPSA) is 39.4 Å². The molecule has 0 aromatic carbocycles. The Balaban J connectivity index is 2.36. The fourth-order valence-corrected chi connectivity index (χ4v) is 1.35. The monoisotopic (exact) mass is 190 g/mol. The van der Waals surface area contributed by atoms with Crippen molar-refractivity contribution < 1.29 is 13.9 Å². The van der Waals surface area contributed by atoms with E-state index in [9.17, 15) is 4.79 Å². The van der Waals surface area contributed by atoms with Crippen LogP contribution in [0.15, 0.2) is 35.1 Å². The van der Waals surface area contributed by atoms with Gasteiger partial charge >= 0.3 is 5.97 Å². The van der Waals surface area contributed by atoms with Crippen molar-refractivity contribution in [3.05, 3.63) is 36.3 Å². The molecule has 2 rings (SSSR count). The molecule has 0 saturated heterocycles. The molecule has 1 heterocycles. The molecule has 0 N–H and O–H groups in total. The number of hydrogen-bond donors (Lipinski definition) is 0. The predicted octanol–water partition coefficient (Wildman–Crippen LogP) is 2.56. The second kappa shape index (κ2) is 3.54. The van der Waals surface area contributed by atoms with Crippen LogP contribution in [-0.4, -0.2) is 12.6 Å². The quantitative estimate of drug-likeness (QED) is 0.683. The molecule has 0 aromatic heterocycles. The first-order chi connectivity index (χ1) is 6.81. The Labute approximate surface area is 81.6 Å². The Morgan fingerprint density at radius 2 is 2.21 bits per heavy atom. The van der Waals surface area contributed by atoms with Gasteiger partial charge in [-0.15, -0.1) is 0 Å². The van der Waals surface area contributed by atoms with Crippen molar-refractivity contribution in [2.75, 3.05) is 6.61 Å². The zero-order valence-electron chi connectivity index (χ0n) is 7.82. The summed E-state index contributed by atoms with van der Waals surface area (Å²) in [6.45, 7) is 2.18. The minimum atomic E-state index is -0.288. The zero-order valence-corrected chi connectivity index (χ0v) is 7.82. The maximum absolute atomic E-state index is 11.4.